The summed E-state index contributed by atoms with van der Waals surface area (Å²) < 4.78 is 16.6. The van der Waals surface area contributed by atoms with Crippen molar-refractivity contribution in [2.45, 2.75) is 6.92 Å². The number of carbonyl (C=O) groups is 1. The smallest absolute Gasteiger partial charge is 0.292 e. The van der Waals surface area contributed by atoms with Crippen molar-refractivity contribution in [2.75, 3.05) is 32.9 Å². The van der Waals surface area contributed by atoms with Gasteiger partial charge in [0.2, 0.25) is 11.6 Å². The second-order valence-corrected chi connectivity index (χ2v) is 6.88. The number of rotatable bonds is 4. The summed E-state index contributed by atoms with van der Waals surface area (Å²) in [5, 5.41) is 12.6. The number of hydrogen-bond acceptors (Lipinski definition) is 7. The van der Waals surface area contributed by atoms with Gasteiger partial charge < -0.3 is 18.9 Å². The summed E-state index contributed by atoms with van der Waals surface area (Å²) >= 11 is 0. The fourth-order valence-corrected chi connectivity index (χ4v) is 3.56. The second kappa shape index (κ2) is 6.42. The van der Waals surface area contributed by atoms with Gasteiger partial charge in [0.15, 0.2) is 0 Å². The first-order valence-electron chi connectivity index (χ1n) is 8.39. The van der Waals surface area contributed by atoms with Crippen LogP contribution in [0, 0.1) is 29.6 Å². The molecule has 2 aliphatic heterocycles. The number of nitrogens with zero attached hydrogens (tertiary/aromatic N) is 4. The number of fused-ring (bicyclic) bond motifs is 1. The monoisotopic (exact) mass is 354 g/mol. The van der Waals surface area contributed by atoms with Gasteiger partial charge in [-0.1, -0.05) is 5.16 Å². The van der Waals surface area contributed by atoms with Crippen molar-refractivity contribution in [3.05, 3.63) is 41.4 Å². The van der Waals surface area contributed by atoms with E-state index in [1.807, 2.05) is 6.07 Å². The van der Waals surface area contributed by atoms with Crippen LogP contribution in [0.5, 0.6) is 5.88 Å². The van der Waals surface area contributed by atoms with Gasteiger partial charge in [0.1, 0.15) is 6.07 Å². The molecule has 134 valence electrons. The average Bonchev–Trinajstić information content (AvgIpc) is 3.33. The topological polar surface area (TPSA) is 101 Å². The molecule has 26 heavy (non-hydrogen) atoms. The lowest BCUT2D eigenvalue weighted by Gasteiger charge is -2.26. The first-order valence-corrected chi connectivity index (χ1v) is 8.39. The molecule has 2 saturated heterocycles. The Kier molecular flexibility index (Phi) is 4.09. The molecule has 0 aliphatic carbocycles. The molecule has 2 fully saturated rings. The number of aromatic nitrogens is 2. The fraction of sp³-hybridized carbons (Fsp3) is 0.444. The standard InChI is InChI=1S/C18H18N4O4/c1-12-4-15(26-21-12)17(23)22-7-14-8-24-10-18(14,9-22)11-25-16-3-2-13(5-19)6-20-16/h2-4,6,14H,7-11H2,1H3/t14-,18+/m1/s1. The second-order valence-electron chi connectivity index (χ2n) is 6.88. The van der Waals surface area contributed by atoms with E-state index in [9.17, 15) is 4.79 Å². The molecule has 0 spiro atoms. The summed E-state index contributed by atoms with van der Waals surface area (Å²) in [4.78, 5) is 18.6. The molecule has 2 aromatic rings. The van der Waals surface area contributed by atoms with E-state index in [-0.39, 0.29) is 23.0 Å². The number of carbonyl (C=O) groups excluding carboxylic acids is 1. The molecular weight excluding hydrogens is 336 g/mol. The van der Waals surface area contributed by atoms with Gasteiger partial charge in [-0.05, 0) is 13.0 Å². The SMILES string of the molecule is Cc1cc(C(=O)N2C[C@@H]3COC[C@]3(COc3ccc(C#N)cn3)C2)on1. The van der Waals surface area contributed by atoms with Gasteiger partial charge in [-0.2, -0.15) is 5.26 Å². The molecule has 0 bridgehead atoms. The number of hydrogen-bond donors (Lipinski definition) is 0. The molecule has 2 aromatic heterocycles. The van der Waals surface area contributed by atoms with Gasteiger partial charge >= 0.3 is 0 Å². The maximum absolute atomic E-state index is 12.6. The third-order valence-corrected chi connectivity index (χ3v) is 5.02. The number of pyridine rings is 1. The molecule has 0 aromatic carbocycles. The minimum Gasteiger partial charge on any atom is -0.477 e. The Bertz CT molecular complexity index is 857. The van der Waals surface area contributed by atoms with Crippen molar-refractivity contribution in [3.8, 4) is 11.9 Å². The first-order chi connectivity index (χ1) is 12.6. The van der Waals surface area contributed by atoms with Crippen LogP contribution < -0.4 is 4.74 Å². The van der Waals surface area contributed by atoms with E-state index in [2.05, 4.69) is 10.1 Å². The van der Waals surface area contributed by atoms with Gasteiger partial charge in [0.05, 0.1) is 36.5 Å². The van der Waals surface area contributed by atoms with E-state index in [1.54, 1.807) is 30.0 Å². The maximum atomic E-state index is 12.6. The van der Waals surface area contributed by atoms with E-state index >= 15 is 0 Å². The molecule has 2 aliphatic rings. The van der Waals surface area contributed by atoms with Crippen molar-refractivity contribution >= 4 is 5.91 Å². The quantitative estimate of drug-likeness (QED) is 0.818. The zero-order valence-corrected chi connectivity index (χ0v) is 14.3. The third-order valence-electron chi connectivity index (χ3n) is 5.02. The molecular formula is C18H18N4O4. The van der Waals surface area contributed by atoms with Crippen LogP contribution in [0.1, 0.15) is 21.8 Å². The molecule has 0 radical (unpaired) electrons. The number of ether oxygens (including phenoxy) is 2. The van der Waals surface area contributed by atoms with Crippen LogP contribution in [0.25, 0.3) is 0 Å². The van der Waals surface area contributed by atoms with Crippen LogP contribution in [0.15, 0.2) is 28.9 Å². The highest BCUT2D eigenvalue weighted by atomic mass is 16.5. The van der Waals surface area contributed by atoms with Gasteiger partial charge in [0, 0.05) is 37.3 Å². The summed E-state index contributed by atoms with van der Waals surface area (Å²) in [5.41, 5.74) is 0.902. The molecule has 0 unspecified atom stereocenters. The third kappa shape index (κ3) is 2.91. The first kappa shape index (κ1) is 16.5. The lowest BCUT2D eigenvalue weighted by Crippen LogP contribution is -2.38. The number of amides is 1. The Hall–Kier alpha value is -2.92. The number of nitriles is 1. The van der Waals surface area contributed by atoms with Crippen molar-refractivity contribution in [3.63, 3.8) is 0 Å². The van der Waals surface area contributed by atoms with Crippen LogP contribution in [-0.2, 0) is 4.74 Å². The van der Waals surface area contributed by atoms with E-state index in [1.165, 1.54) is 6.20 Å². The van der Waals surface area contributed by atoms with Crippen LogP contribution in [0.3, 0.4) is 0 Å². The van der Waals surface area contributed by atoms with Crippen LogP contribution >= 0.6 is 0 Å². The van der Waals surface area contributed by atoms with Gasteiger partial charge in [-0.3, -0.25) is 4.79 Å². The van der Waals surface area contributed by atoms with Crippen molar-refractivity contribution in [1.82, 2.24) is 15.0 Å². The Labute approximate surface area is 150 Å². The number of aryl methyl sites for hydroxylation is 1. The average molecular weight is 354 g/mol. The Morgan fingerprint density at radius 2 is 2.42 bits per heavy atom. The molecule has 0 N–H and O–H groups in total. The predicted molar refractivity (Wildman–Crippen MR) is 88.3 cm³/mol. The fourth-order valence-electron chi connectivity index (χ4n) is 3.56. The van der Waals surface area contributed by atoms with Crippen LogP contribution in [0.4, 0.5) is 0 Å². The normalized spacial score (nSPS) is 24.3. The molecule has 0 saturated carbocycles. The van der Waals surface area contributed by atoms with Crippen molar-refractivity contribution < 1.29 is 18.8 Å². The molecule has 8 heteroatoms. The lowest BCUT2D eigenvalue weighted by molar-refractivity contribution is 0.0622. The minimum atomic E-state index is -0.264. The molecule has 8 nitrogen and oxygen atoms in total. The van der Waals surface area contributed by atoms with Crippen molar-refractivity contribution in [1.29, 1.82) is 5.26 Å². The Balaban J connectivity index is 1.45. The molecule has 4 heterocycles. The minimum absolute atomic E-state index is 0.157. The number of likely N-dealkylation sites (tertiary alicyclic amines) is 1. The molecule has 4 rings (SSSR count). The summed E-state index contributed by atoms with van der Waals surface area (Å²) in [7, 11) is 0. The summed E-state index contributed by atoms with van der Waals surface area (Å²) in [6.07, 6.45) is 1.48. The summed E-state index contributed by atoms with van der Waals surface area (Å²) in [5.74, 6) is 0.762. The zero-order chi connectivity index (χ0) is 18.1. The molecule has 2 atom stereocenters. The summed E-state index contributed by atoms with van der Waals surface area (Å²) in [6, 6.07) is 7.02. The van der Waals surface area contributed by atoms with Gasteiger partial charge in [-0.15, -0.1) is 0 Å². The largest absolute Gasteiger partial charge is 0.477 e. The Morgan fingerprint density at radius 1 is 1.54 bits per heavy atom. The lowest BCUT2D eigenvalue weighted by atomic mass is 9.82. The maximum Gasteiger partial charge on any atom is 0.292 e. The van der Waals surface area contributed by atoms with Gasteiger partial charge in [0.25, 0.3) is 5.91 Å². The zero-order valence-electron chi connectivity index (χ0n) is 14.3. The van der Waals surface area contributed by atoms with E-state index in [4.69, 9.17) is 19.3 Å². The van der Waals surface area contributed by atoms with E-state index in [0.717, 1.165) is 0 Å². The molecule has 1 amide bonds. The van der Waals surface area contributed by atoms with Crippen LogP contribution in [-0.4, -0.2) is 53.9 Å². The van der Waals surface area contributed by atoms with Crippen molar-refractivity contribution in [2.24, 2.45) is 11.3 Å². The van der Waals surface area contributed by atoms with E-state index < -0.39 is 0 Å². The van der Waals surface area contributed by atoms with E-state index in [0.29, 0.717) is 50.0 Å². The Morgan fingerprint density at radius 3 is 3.12 bits per heavy atom. The van der Waals surface area contributed by atoms with Gasteiger partial charge in [-0.25, -0.2) is 4.98 Å². The van der Waals surface area contributed by atoms with Crippen LogP contribution in [0.2, 0.25) is 0 Å². The highest BCUT2D eigenvalue weighted by Crippen LogP contribution is 2.42. The summed E-state index contributed by atoms with van der Waals surface area (Å²) in [6.45, 7) is 4.45. The highest BCUT2D eigenvalue weighted by Gasteiger charge is 2.53. The predicted octanol–water partition coefficient (Wildman–Crippen LogP) is 1.42. The highest BCUT2D eigenvalue weighted by molar-refractivity contribution is 5.91.